The van der Waals surface area contributed by atoms with Crippen molar-refractivity contribution in [2.75, 3.05) is 0 Å². The first-order chi connectivity index (χ1) is 9.99. The van der Waals surface area contributed by atoms with E-state index >= 15 is 0 Å². The van der Waals surface area contributed by atoms with Crippen LogP contribution in [-0.2, 0) is 0 Å². The van der Waals surface area contributed by atoms with Gasteiger partial charge in [-0.25, -0.2) is 0 Å². The van der Waals surface area contributed by atoms with E-state index in [0.717, 1.165) is 8.95 Å². The number of halogens is 2. The highest BCUT2D eigenvalue weighted by Crippen LogP contribution is 2.44. The molecule has 0 aliphatic rings. The van der Waals surface area contributed by atoms with Crippen molar-refractivity contribution in [2.24, 2.45) is 10.8 Å². The third kappa shape index (κ3) is 4.14. The molecule has 0 nitrogen and oxygen atoms in total. The van der Waals surface area contributed by atoms with E-state index in [9.17, 15) is 0 Å². The Morgan fingerprint density at radius 3 is 1.86 bits per heavy atom. The van der Waals surface area contributed by atoms with E-state index in [0.29, 0.717) is 11.3 Å². The van der Waals surface area contributed by atoms with Crippen LogP contribution in [0.25, 0.3) is 10.8 Å². The first-order valence-electron chi connectivity index (χ1n) is 7.87. The van der Waals surface area contributed by atoms with Crippen molar-refractivity contribution in [3.8, 4) is 0 Å². The molecule has 1 unspecified atom stereocenters. The zero-order chi connectivity index (χ0) is 16.7. The minimum Gasteiger partial charge on any atom is -0.0602 e. The topological polar surface area (TPSA) is 0 Å². The van der Waals surface area contributed by atoms with E-state index in [1.54, 1.807) is 0 Å². The van der Waals surface area contributed by atoms with E-state index in [1.807, 2.05) is 0 Å². The maximum atomic E-state index is 3.71. The van der Waals surface area contributed by atoms with Gasteiger partial charge in [-0.05, 0) is 57.7 Å². The van der Waals surface area contributed by atoms with E-state index in [4.69, 9.17) is 0 Å². The summed E-state index contributed by atoms with van der Waals surface area (Å²) in [7, 11) is 0. The molecule has 0 N–H and O–H groups in total. The van der Waals surface area contributed by atoms with Crippen LogP contribution in [-0.4, -0.2) is 0 Å². The number of benzene rings is 2. The Kier molecular flexibility index (Phi) is 5.14. The van der Waals surface area contributed by atoms with E-state index in [1.165, 1.54) is 22.8 Å². The molecule has 0 aromatic heterocycles. The largest absolute Gasteiger partial charge is 0.0602 e. The number of hydrogen-bond donors (Lipinski definition) is 0. The predicted molar refractivity (Wildman–Crippen MR) is 106 cm³/mol. The molecule has 0 saturated heterocycles. The van der Waals surface area contributed by atoms with Gasteiger partial charge in [0.25, 0.3) is 0 Å². The summed E-state index contributed by atoms with van der Waals surface area (Å²) in [5, 5.41) is 2.55. The van der Waals surface area contributed by atoms with Gasteiger partial charge in [-0.1, -0.05) is 85.5 Å². The van der Waals surface area contributed by atoms with Crippen LogP contribution in [0.3, 0.4) is 0 Å². The molecule has 2 heteroatoms. The van der Waals surface area contributed by atoms with Crippen LogP contribution < -0.4 is 0 Å². The molecule has 0 radical (unpaired) electrons. The summed E-state index contributed by atoms with van der Waals surface area (Å²) >= 11 is 7.37. The maximum absolute atomic E-state index is 3.71. The highest BCUT2D eigenvalue weighted by molar-refractivity contribution is 9.11. The zero-order valence-corrected chi connectivity index (χ0v) is 17.6. The molecule has 120 valence electrons. The lowest BCUT2D eigenvalue weighted by Gasteiger charge is -2.36. The SMILES string of the molecule is CC(C)(C)CC(c1ccc2c(Br)ccc(Br)c2c1)C(C)(C)C. The van der Waals surface area contributed by atoms with Gasteiger partial charge in [-0.15, -0.1) is 0 Å². The molecule has 0 saturated carbocycles. The van der Waals surface area contributed by atoms with Crippen molar-refractivity contribution in [3.63, 3.8) is 0 Å². The van der Waals surface area contributed by atoms with Crippen LogP contribution in [0.1, 0.15) is 59.4 Å². The summed E-state index contributed by atoms with van der Waals surface area (Å²) in [5.41, 5.74) is 2.01. The molecule has 2 rings (SSSR count). The second kappa shape index (κ2) is 6.28. The summed E-state index contributed by atoms with van der Waals surface area (Å²) in [6.07, 6.45) is 1.19. The first kappa shape index (κ1) is 18.0. The van der Waals surface area contributed by atoms with Crippen molar-refractivity contribution in [2.45, 2.75) is 53.9 Å². The minimum atomic E-state index is 0.249. The van der Waals surface area contributed by atoms with Crippen LogP contribution in [0.2, 0.25) is 0 Å². The Morgan fingerprint density at radius 1 is 0.818 bits per heavy atom. The zero-order valence-electron chi connectivity index (χ0n) is 14.4. The molecule has 22 heavy (non-hydrogen) atoms. The molecule has 1 atom stereocenters. The molecular formula is C20H26Br2. The van der Waals surface area contributed by atoms with Crippen molar-refractivity contribution < 1.29 is 0 Å². The Balaban J connectivity index is 2.58. The van der Waals surface area contributed by atoms with Crippen LogP contribution in [0.4, 0.5) is 0 Å². The van der Waals surface area contributed by atoms with Crippen LogP contribution in [0.5, 0.6) is 0 Å². The fourth-order valence-corrected chi connectivity index (χ4v) is 3.98. The van der Waals surface area contributed by atoms with Gasteiger partial charge in [-0.2, -0.15) is 0 Å². The lowest BCUT2D eigenvalue weighted by molar-refractivity contribution is 0.229. The standard InChI is InChI=1S/C20H26Br2/c1-19(2,3)12-16(20(4,5)6)13-7-8-14-15(11-13)18(22)10-9-17(14)21/h7-11,16H,12H2,1-6H3. The van der Waals surface area contributed by atoms with Crippen LogP contribution in [0.15, 0.2) is 39.3 Å². The molecule has 2 aromatic rings. The lowest BCUT2D eigenvalue weighted by Crippen LogP contribution is -2.23. The second-order valence-corrected chi connectivity index (χ2v) is 10.2. The molecule has 0 fully saturated rings. The third-order valence-corrected chi connectivity index (χ3v) is 5.58. The third-order valence-electron chi connectivity index (χ3n) is 4.20. The maximum Gasteiger partial charge on any atom is 0.0254 e. The molecule has 0 bridgehead atoms. The molecule has 0 spiro atoms. The van der Waals surface area contributed by atoms with E-state index < -0.39 is 0 Å². The molecule has 0 aliphatic carbocycles. The van der Waals surface area contributed by atoms with Gasteiger partial charge in [0.05, 0.1) is 0 Å². The predicted octanol–water partition coefficient (Wildman–Crippen LogP) is 7.93. The van der Waals surface area contributed by atoms with Crippen LogP contribution in [0, 0.1) is 10.8 Å². The Hall–Kier alpha value is -0.340. The van der Waals surface area contributed by atoms with Gasteiger partial charge in [0.15, 0.2) is 0 Å². The number of rotatable bonds is 2. The summed E-state index contributed by atoms with van der Waals surface area (Å²) in [6.45, 7) is 14.1. The molecule has 2 aromatic carbocycles. The fraction of sp³-hybridized carbons (Fsp3) is 0.500. The van der Waals surface area contributed by atoms with Crippen molar-refractivity contribution in [3.05, 3.63) is 44.8 Å². The normalized spacial score (nSPS) is 14.4. The lowest BCUT2D eigenvalue weighted by atomic mass is 9.69. The average molecular weight is 426 g/mol. The monoisotopic (exact) mass is 424 g/mol. The van der Waals surface area contributed by atoms with Gasteiger partial charge in [0.2, 0.25) is 0 Å². The summed E-state index contributed by atoms with van der Waals surface area (Å²) in [6, 6.07) is 11.1. The second-order valence-electron chi connectivity index (χ2n) is 8.52. The van der Waals surface area contributed by atoms with Crippen LogP contribution >= 0.6 is 31.9 Å². The van der Waals surface area contributed by atoms with Crippen molar-refractivity contribution >= 4 is 42.6 Å². The van der Waals surface area contributed by atoms with Gasteiger partial charge in [0, 0.05) is 8.95 Å². The smallest absolute Gasteiger partial charge is 0.0254 e. The van der Waals surface area contributed by atoms with Gasteiger partial charge >= 0.3 is 0 Å². The number of hydrogen-bond acceptors (Lipinski definition) is 0. The summed E-state index contributed by atoms with van der Waals surface area (Å²) in [5.74, 6) is 0.544. The Bertz CT molecular complexity index is 672. The molecular weight excluding hydrogens is 400 g/mol. The minimum absolute atomic E-state index is 0.249. The van der Waals surface area contributed by atoms with Gasteiger partial charge in [-0.3, -0.25) is 0 Å². The molecule has 0 heterocycles. The quantitative estimate of drug-likeness (QED) is 0.458. The first-order valence-corrected chi connectivity index (χ1v) is 9.45. The van der Waals surface area contributed by atoms with E-state index in [-0.39, 0.29) is 5.41 Å². The molecule has 0 aliphatic heterocycles. The Labute approximate surface area is 151 Å². The highest BCUT2D eigenvalue weighted by atomic mass is 79.9. The van der Waals surface area contributed by atoms with Gasteiger partial charge in [0.1, 0.15) is 0 Å². The number of fused-ring (bicyclic) bond motifs is 1. The van der Waals surface area contributed by atoms with Crippen molar-refractivity contribution in [1.82, 2.24) is 0 Å². The van der Waals surface area contributed by atoms with Crippen molar-refractivity contribution in [1.29, 1.82) is 0 Å². The van der Waals surface area contributed by atoms with E-state index in [2.05, 4.69) is 104 Å². The van der Waals surface area contributed by atoms with Gasteiger partial charge < -0.3 is 0 Å². The summed E-state index contributed by atoms with van der Waals surface area (Å²) < 4.78 is 2.32. The molecule has 0 amide bonds. The highest BCUT2D eigenvalue weighted by Gasteiger charge is 2.30. The fourth-order valence-electron chi connectivity index (χ4n) is 3.05. The average Bonchev–Trinajstić information content (AvgIpc) is 2.38. The summed E-state index contributed by atoms with van der Waals surface area (Å²) in [4.78, 5) is 0. The Morgan fingerprint density at radius 2 is 1.36 bits per heavy atom.